The summed E-state index contributed by atoms with van der Waals surface area (Å²) < 4.78 is 13.4. The van der Waals surface area contributed by atoms with Crippen molar-refractivity contribution >= 4 is 11.8 Å². The smallest absolute Gasteiger partial charge is 0.306 e. The molecule has 0 spiro atoms. The van der Waals surface area contributed by atoms with Gasteiger partial charge in [0.1, 0.15) is 12.5 Å². The van der Waals surface area contributed by atoms with E-state index in [2.05, 4.69) is 10.3 Å². The number of ketones is 1. The molecule has 2 atom stereocenters. The van der Waals surface area contributed by atoms with Crippen molar-refractivity contribution in [2.24, 2.45) is 11.7 Å². The third-order valence-corrected chi connectivity index (χ3v) is 2.77. The van der Waals surface area contributed by atoms with Crippen LogP contribution >= 0.6 is 0 Å². The molecule has 1 heterocycles. The molecule has 0 aliphatic rings. The van der Waals surface area contributed by atoms with Gasteiger partial charge in [0.25, 0.3) is 0 Å². The highest BCUT2D eigenvalue weighted by Gasteiger charge is 2.24. The second-order valence-electron chi connectivity index (χ2n) is 4.35. The molecule has 3 N–H and O–H groups in total. The fraction of sp³-hybridized carbons (Fsp3) is 0.636. The van der Waals surface area contributed by atoms with Gasteiger partial charge in [-0.2, -0.15) is 0 Å². The number of carbonyl (C=O) groups is 2. The van der Waals surface area contributed by atoms with Gasteiger partial charge in [-0.3, -0.25) is 9.59 Å². The van der Waals surface area contributed by atoms with E-state index in [4.69, 9.17) is 10.8 Å². The van der Waals surface area contributed by atoms with E-state index in [1.807, 2.05) is 0 Å². The van der Waals surface area contributed by atoms with Gasteiger partial charge < -0.3 is 10.8 Å². The van der Waals surface area contributed by atoms with Crippen LogP contribution in [0, 0.1) is 5.92 Å². The summed E-state index contributed by atoms with van der Waals surface area (Å²) in [6.07, 6.45) is 1.65. The number of carboxylic acid groups (broad SMARTS) is 1. The van der Waals surface area contributed by atoms with Crippen molar-refractivity contribution in [3.63, 3.8) is 0 Å². The molecule has 0 saturated carbocycles. The summed E-state index contributed by atoms with van der Waals surface area (Å²) in [5.74, 6) is -2.11. The van der Waals surface area contributed by atoms with Crippen molar-refractivity contribution in [3.8, 4) is 0 Å². The van der Waals surface area contributed by atoms with Gasteiger partial charge in [0.2, 0.25) is 0 Å². The number of nitrogens with two attached hydrogens (primary N) is 1. The first kappa shape index (κ1) is 15.2. The first-order valence-electron chi connectivity index (χ1n) is 5.87. The number of carboxylic acids is 1. The maximum absolute atomic E-state index is 12.1. The summed E-state index contributed by atoms with van der Waals surface area (Å²) in [6.45, 7) is 0.833. The van der Waals surface area contributed by atoms with E-state index < -0.39 is 24.6 Å². The molecule has 19 heavy (non-hydrogen) atoms. The number of nitrogens with zero attached hydrogens (tertiary/aromatic N) is 3. The van der Waals surface area contributed by atoms with Crippen LogP contribution in [0.5, 0.6) is 0 Å². The molecule has 0 aliphatic heterocycles. The molecule has 0 aromatic carbocycles. The molecule has 0 fully saturated rings. The zero-order chi connectivity index (χ0) is 14.4. The topological polar surface area (TPSA) is 111 Å². The van der Waals surface area contributed by atoms with Crippen LogP contribution in [0.3, 0.4) is 0 Å². The fourth-order valence-corrected chi connectivity index (χ4v) is 1.62. The molecule has 0 bridgehead atoms. The minimum Gasteiger partial charge on any atom is -0.481 e. The number of Topliss-reactive ketones (excluding diaryl/α,β-unsaturated/α-hetero) is 1. The van der Waals surface area contributed by atoms with Gasteiger partial charge in [-0.15, -0.1) is 5.10 Å². The van der Waals surface area contributed by atoms with E-state index in [1.165, 1.54) is 17.8 Å². The van der Waals surface area contributed by atoms with Crippen LogP contribution in [-0.2, 0) is 22.6 Å². The SMILES string of the molecule is CC(=O)[C@@H](N)C[C@H](Cc1cn(CCF)nn1)C(=O)O. The maximum atomic E-state index is 12.1. The molecular weight excluding hydrogens is 255 g/mol. The van der Waals surface area contributed by atoms with Gasteiger partial charge >= 0.3 is 5.97 Å². The Bertz CT molecular complexity index is 449. The highest BCUT2D eigenvalue weighted by Crippen LogP contribution is 2.13. The lowest BCUT2D eigenvalue weighted by molar-refractivity contribution is -0.142. The molecule has 1 rings (SSSR count). The largest absolute Gasteiger partial charge is 0.481 e. The lowest BCUT2D eigenvalue weighted by Crippen LogP contribution is -2.34. The second-order valence-corrected chi connectivity index (χ2v) is 4.35. The number of hydrogen-bond donors (Lipinski definition) is 2. The molecule has 0 unspecified atom stereocenters. The average molecular weight is 272 g/mol. The van der Waals surface area contributed by atoms with Crippen LogP contribution in [-0.4, -0.2) is 44.6 Å². The summed E-state index contributed by atoms with van der Waals surface area (Å²) in [6, 6.07) is -0.804. The Hall–Kier alpha value is -1.83. The number of halogens is 1. The molecule has 0 saturated heterocycles. The first-order valence-corrected chi connectivity index (χ1v) is 5.87. The zero-order valence-corrected chi connectivity index (χ0v) is 10.6. The van der Waals surface area contributed by atoms with E-state index in [1.54, 1.807) is 0 Å². The van der Waals surface area contributed by atoms with Crippen LogP contribution in [0.2, 0.25) is 0 Å². The second kappa shape index (κ2) is 6.93. The normalized spacial score (nSPS) is 14.1. The Morgan fingerprint density at radius 3 is 2.79 bits per heavy atom. The van der Waals surface area contributed by atoms with Gasteiger partial charge in [-0.25, -0.2) is 9.07 Å². The third-order valence-electron chi connectivity index (χ3n) is 2.77. The van der Waals surface area contributed by atoms with Crippen molar-refractivity contribution in [1.29, 1.82) is 0 Å². The van der Waals surface area contributed by atoms with Gasteiger partial charge in [0.15, 0.2) is 0 Å². The van der Waals surface area contributed by atoms with Gasteiger partial charge in [0, 0.05) is 12.6 Å². The lowest BCUT2D eigenvalue weighted by atomic mass is 9.94. The number of rotatable bonds is 8. The van der Waals surface area contributed by atoms with Crippen molar-refractivity contribution < 1.29 is 19.1 Å². The predicted octanol–water partition coefficient (Wildman–Crippen LogP) is -0.203. The number of carbonyl (C=O) groups excluding carboxylic acids is 1. The molecule has 0 aliphatic carbocycles. The minimum atomic E-state index is -1.04. The highest BCUT2D eigenvalue weighted by molar-refractivity contribution is 5.82. The number of hydrogen-bond acceptors (Lipinski definition) is 5. The van der Waals surface area contributed by atoms with E-state index in [-0.39, 0.29) is 25.2 Å². The Morgan fingerprint density at radius 2 is 2.26 bits per heavy atom. The molecule has 0 amide bonds. The zero-order valence-electron chi connectivity index (χ0n) is 10.6. The summed E-state index contributed by atoms with van der Waals surface area (Å²) in [5.41, 5.74) is 6.00. The number of aromatic nitrogens is 3. The minimum absolute atomic E-state index is 0.0423. The predicted molar refractivity (Wildman–Crippen MR) is 64.1 cm³/mol. The first-order chi connectivity index (χ1) is 8.93. The summed E-state index contributed by atoms with van der Waals surface area (Å²) in [7, 11) is 0. The Labute approximate surface area is 109 Å². The van der Waals surface area contributed by atoms with Gasteiger partial charge in [-0.1, -0.05) is 5.21 Å². The third kappa shape index (κ3) is 4.74. The standard InChI is InChI=1S/C11H17FN4O3/c1-7(17)10(13)5-8(11(18)19)4-9-6-16(3-2-12)15-14-9/h6,8,10H,2-5,13H2,1H3,(H,18,19)/t8-,10-/m0/s1. The van der Waals surface area contributed by atoms with Crippen molar-refractivity contribution in [3.05, 3.63) is 11.9 Å². The van der Waals surface area contributed by atoms with Crippen molar-refractivity contribution in [1.82, 2.24) is 15.0 Å². The average Bonchev–Trinajstić information content (AvgIpc) is 2.76. The lowest BCUT2D eigenvalue weighted by Gasteiger charge is -2.14. The molecule has 7 nitrogen and oxygen atoms in total. The summed E-state index contributed by atoms with van der Waals surface area (Å²) in [5, 5.41) is 16.5. The quantitative estimate of drug-likeness (QED) is 0.677. The maximum Gasteiger partial charge on any atom is 0.306 e. The molecule has 106 valence electrons. The van der Waals surface area contributed by atoms with Crippen molar-refractivity contribution in [2.45, 2.75) is 32.4 Å². The molecule has 8 heteroatoms. The van der Waals surface area contributed by atoms with Gasteiger partial charge in [-0.05, 0) is 13.3 Å². The van der Waals surface area contributed by atoms with Crippen molar-refractivity contribution in [2.75, 3.05) is 6.67 Å². The molecule has 1 aromatic rings. The number of alkyl halides is 1. The Kier molecular flexibility index (Phi) is 5.56. The summed E-state index contributed by atoms with van der Waals surface area (Å²) in [4.78, 5) is 22.2. The Balaban J connectivity index is 2.67. The van der Waals surface area contributed by atoms with Crippen LogP contribution in [0.1, 0.15) is 19.0 Å². The van der Waals surface area contributed by atoms with E-state index in [9.17, 15) is 14.0 Å². The molecular formula is C11H17FN4O3. The number of aliphatic carboxylic acids is 1. The molecule has 1 aromatic heterocycles. The van der Waals surface area contributed by atoms with E-state index in [0.717, 1.165) is 0 Å². The monoisotopic (exact) mass is 272 g/mol. The summed E-state index contributed by atoms with van der Waals surface area (Å²) >= 11 is 0. The Morgan fingerprint density at radius 1 is 1.58 bits per heavy atom. The highest BCUT2D eigenvalue weighted by atomic mass is 19.1. The number of aryl methyl sites for hydroxylation is 1. The van der Waals surface area contributed by atoms with Crippen LogP contribution in [0.15, 0.2) is 6.20 Å². The van der Waals surface area contributed by atoms with E-state index >= 15 is 0 Å². The van der Waals surface area contributed by atoms with Gasteiger partial charge in [0.05, 0.1) is 24.2 Å². The fourth-order valence-electron chi connectivity index (χ4n) is 1.62. The van der Waals surface area contributed by atoms with Crippen LogP contribution in [0.25, 0.3) is 0 Å². The molecule has 0 radical (unpaired) electrons. The van der Waals surface area contributed by atoms with Crippen LogP contribution < -0.4 is 5.73 Å². The van der Waals surface area contributed by atoms with E-state index in [0.29, 0.717) is 5.69 Å². The van der Waals surface area contributed by atoms with Crippen LogP contribution in [0.4, 0.5) is 4.39 Å².